The maximum atomic E-state index is 11.3. The molecule has 7 rings (SSSR count). The van der Waals surface area contributed by atoms with Crippen LogP contribution in [-0.2, 0) is 4.74 Å². The minimum Gasteiger partial charge on any atom is -0.388 e. The van der Waals surface area contributed by atoms with Crippen molar-refractivity contribution in [3.8, 4) is 0 Å². The van der Waals surface area contributed by atoms with Gasteiger partial charge >= 0.3 is 0 Å². The lowest BCUT2D eigenvalue weighted by atomic mass is 9.49. The van der Waals surface area contributed by atoms with Crippen molar-refractivity contribution in [3.05, 3.63) is 71.5 Å². The molecule has 7 atom stereocenters. The van der Waals surface area contributed by atoms with E-state index in [2.05, 4.69) is 68.2 Å². The fraction of sp³-hybridized carbons (Fsp3) is 0.531. The number of hydrogen-bond donors (Lipinski definition) is 2. The lowest BCUT2D eigenvalue weighted by molar-refractivity contribution is -0.170. The normalized spacial score (nSPS) is 41.6. The fourth-order valence-corrected chi connectivity index (χ4v) is 8.76. The van der Waals surface area contributed by atoms with Gasteiger partial charge in [-0.3, -0.25) is 4.98 Å². The van der Waals surface area contributed by atoms with Crippen LogP contribution in [0.25, 0.3) is 16.5 Å². The second-order valence-electron chi connectivity index (χ2n) is 13.1. The molecule has 0 radical (unpaired) electrons. The first kappa shape index (κ1) is 23.8. The molecule has 1 aromatic heterocycles. The van der Waals surface area contributed by atoms with Crippen LogP contribution in [0.3, 0.4) is 0 Å². The van der Waals surface area contributed by atoms with Gasteiger partial charge in [0.05, 0.1) is 22.8 Å². The van der Waals surface area contributed by atoms with Gasteiger partial charge in [0.2, 0.25) is 0 Å². The van der Waals surface area contributed by atoms with E-state index in [1.807, 2.05) is 31.3 Å². The Morgan fingerprint density at radius 1 is 1.08 bits per heavy atom. The van der Waals surface area contributed by atoms with Gasteiger partial charge in [0.25, 0.3) is 0 Å². The molecule has 2 spiro atoms. The molecular weight excluding hydrogens is 460 g/mol. The summed E-state index contributed by atoms with van der Waals surface area (Å²) in [5.41, 5.74) is 4.66. The fourth-order valence-electron chi connectivity index (χ4n) is 8.76. The Morgan fingerprint density at radius 3 is 2.68 bits per heavy atom. The van der Waals surface area contributed by atoms with Crippen molar-refractivity contribution in [2.75, 3.05) is 14.1 Å². The largest absolute Gasteiger partial charge is 0.388 e. The third kappa shape index (κ3) is 2.86. The highest BCUT2D eigenvalue weighted by atomic mass is 16.5. The number of aliphatic hydroxyl groups is 2. The molecule has 2 aliphatic heterocycles. The van der Waals surface area contributed by atoms with Gasteiger partial charge in [-0.1, -0.05) is 51.1 Å². The van der Waals surface area contributed by atoms with E-state index in [9.17, 15) is 10.2 Å². The van der Waals surface area contributed by atoms with Crippen molar-refractivity contribution in [2.45, 2.75) is 75.9 Å². The summed E-state index contributed by atoms with van der Waals surface area (Å²) in [4.78, 5) is 6.57. The summed E-state index contributed by atoms with van der Waals surface area (Å²) in [6, 6.07) is 10.7. The van der Waals surface area contributed by atoms with Crippen LogP contribution in [0.2, 0.25) is 0 Å². The second kappa shape index (κ2) is 7.41. The van der Waals surface area contributed by atoms with Gasteiger partial charge in [0, 0.05) is 29.0 Å². The van der Waals surface area contributed by atoms with Crippen molar-refractivity contribution in [2.24, 2.45) is 16.7 Å². The van der Waals surface area contributed by atoms with Crippen molar-refractivity contribution in [3.63, 3.8) is 0 Å². The van der Waals surface area contributed by atoms with Gasteiger partial charge < -0.3 is 19.8 Å². The zero-order valence-electron chi connectivity index (χ0n) is 22.5. The smallest absolute Gasteiger partial charge is 0.105 e. The molecule has 37 heavy (non-hydrogen) atoms. The number of fused-ring (bicyclic) bond motifs is 2. The van der Waals surface area contributed by atoms with E-state index in [1.165, 1.54) is 22.1 Å². The number of aromatic nitrogens is 1. The standard InChI is InChI=1S/C32H38N2O3/c1-29(2)17-21-16-23-27(35)28(36)25(34(4)5)18-31(23)12-13-32(21,37-31)26-11-9-22(30(26,29)3)19-8-10-24-20(15-19)7-6-14-33-24/h6-10,14-17,25-28,35-36H,11-13,18H2,1-5H3/t25-,26?,27+,28+,30+,31+,32+/m0/s1. The molecule has 2 N–H and O–H groups in total. The van der Waals surface area contributed by atoms with Crippen molar-refractivity contribution in [1.82, 2.24) is 9.88 Å². The maximum Gasteiger partial charge on any atom is 0.105 e. The number of pyridine rings is 1. The Hall–Kier alpha value is -2.31. The van der Waals surface area contributed by atoms with Gasteiger partial charge in [-0.2, -0.15) is 0 Å². The third-order valence-corrected chi connectivity index (χ3v) is 11.0. The zero-order chi connectivity index (χ0) is 26.0. The summed E-state index contributed by atoms with van der Waals surface area (Å²) in [6.45, 7) is 7.15. The average Bonchev–Trinajstić information content (AvgIpc) is 3.40. The van der Waals surface area contributed by atoms with Crippen LogP contribution in [-0.4, -0.2) is 63.6 Å². The van der Waals surface area contributed by atoms with Crippen LogP contribution in [0.1, 0.15) is 52.0 Å². The number of allylic oxidation sites excluding steroid dienone is 3. The highest BCUT2D eigenvalue weighted by molar-refractivity contribution is 5.85. The van der Waals surface area contributed by atoms with E-state index in [0.29, 0.717) is 12.3 Å². The predicted molar refractivity (Wildman–Crippen MR) is 146 cm³/mol. The summed E-state index contributed by atoms with van der Waals surface area (Å²) in [6.07, 6.45) is 10.8. The number of benzene rings is 1. The molecule has 3 aliphatic carbocycles. The highest BCUT2D eigenvalue weighted by Gasteiger charge is 2.70. The molecule has 2 bridgehead atoms. The molecule has 1 saturated heterocycles. The van der Waals surface area contributed by atoms with Gasteiger partial charge in [-0.25, -0.2) is 0 Å². The molecule has 1 aromatic carbocycles. The van der Waals surface area contributed by atoms with Gasteiger partial charge in [0.1, 0.15) is 6.10 Å². The number of likely N-dealkylation sites (N-methyl/N-ethyl adjacent to an activating group) is 1. The summed E-state index contributed by atoms with van der Waals surface area (Å²) in [5.74, 6) is 0.300. The lowest BCUT2D eigenvalue weighted by Crippen LogP contribution is -2.63. The van der Waals surface area contributed by atoms with Crippen molar-refractivity contribution in [1.29, 1.82) is 0 Å². The van der Waals surface area contributed by atoms with E-state index < -0.39 is 17.8 Å². The molecular formula is C32H38N2O3. The van der Waals surface area contributed by atoms with Crippen molar-refractivity contribution >= 4 is 16.5 Å². The third-order valence-electron chi connectivity index (χ3n) is 11.0. The number of hydrogen-bond acceptors (Lipinski definition) is 5. The maximum absolute atomic E-state index is 11.3. The second-order valence-corrected chi connectivity index (χ2v) is 13.1. The van der Waals surface area contributed by atoms with E-state index in [4.69, 9.17) is 4.74 Å². The average molecular weight is 499 g/mol. The van der Waals surface area contributed by atoms with Crippen LogP contribution < -0.4 is 0 Å². The molecule has 5 nitrogen and oxygen atoms in total. The van der Waals surface area contributed by atoms with Crippen LogP contribution in [0.4, 0.5) is 0 Å². The molecule has 2 aromatic rings. The summed E-state index contributed by atoms with van der Waals surface area (Å²) in [5, 5.41) is 23.4. The summed E-state index contributed by atoms with van der Waals surface area (Å²) >= 11 is 0. The van der Waals surface area contributed by atoms with Crippen LogP contribution in [0.5, 0.6) is 0 Å². The molecule has 1 unspecified atom stereocenters. The van der Waals surface area contributed by atoms with Gasteiger partial charge in [0.15, 0.2) is 0 Å². The Bertz CT molecular complexity index is 1410. The molecule has 5 aliphatic rings. The first-order valence-electron chi connectivity index (χ1n) is 13.8. The zero-order valence-corrected chi connectivity index (χ0v) is 22.5. The topological polar surface area (TPSA) is 65.8 Å². The number of nitrogens with zero attached hydrogens (tertiary/aromatic N) is 2. The van der Waals surface area contributed by atoms with E-state index in [0.717, 1.165) is 30.4 Å². The van der Waals surface area contributed by atoms with Crippen molar-refractivity contribution < 1.29 is 14.9 Å². The van der Waals surface area contributed by atoms with E-state index in [-0.39, 0.29) is 22.5 Å². The SMILES string of the molecule is CN(C)[C@H]1C[C@@]23CC[C@@]4(O2)C(=CC(C)(C)[C@]2(C)C(c5ccc6ncccc6c5)=CCC42)C=C3[C@@H](O)[C@@H]1O. The quantitative estimate of drug-likeness (QED) is 0.617. The van der Waals surface area contributed by atoms with E-state index in [1.54, 1.807) is 0 Å². The molecule has 194 valence electrons. The molecule has 2 fully saturated rings. The number of ether oxygens (including phenoxy) is 1. The van der Waals surface area contributed by atoms with Crippen LogP contribution >= 0.6 is 0 Å². The Labute approximate surface area is 219 Å². The summed E-state index contributed by atoms with van der Waals surface area (Å²) < 4.78 is 7.33. The number of rotatable bonds is 2. The minimum atomic E-state index is -0.905. The lowest BCUT2D eigenvalue weighted by Gasteiger charge is -2.60. The van der Waals surface area contributed by atoms with Gasteiger partial charge in [-0.05, 0) is 85.7 Å². The highest BCUT2D eigenvalue weighted by Crippen LogP contribution is 2.71. The van der Waals surface area contributed by atoms with E-state index >= 15 is 0 Å². The van der Waals surface area contributed by atoms with Crippen LogP contribution in [0.15, 0.2) is 65.9 Å². The minimum absolute atomic E-state index is 0.114. The molecule has 1 saturated carbocycles. The molecule has 0 amide bonds. The Morgan fingerprint density at radius 2 is 1.89 bits per heavy atom. The first-order valence-corrected chi connectivity index (χ1v) is 13.8. The monoisotopic (exact) mass is 498 g/mol. The van der Waals surface area contributed by atoms with Crippen LogP contribution in [0, 0.1) is 16.7 Å². The first-order chi connectivity index (χ1) is 17.5. The Kier molecular flexibility index (Phi) is 4.76. The number of aliphatic hydroxyl groups excluding tert-OH is 2. The Balaban J connectivity index is 1.36. The predicted octanol–water partition coefficient (Wildman–Crippen LogP) is 4.89. The summed E-state index contributed by atoms with van der Waals surface area (Å²) in [7, 11) is 3.97. The molecule has 5 heteroatoms. The molecule has 3 heterocycles. The van der Waals surface area contributed by atoms with Gasteiger partial charge in [-0.15, -0.1) is 0 Å².